The molecule has 0 N–H and O–H groups in total. The summed E-state index contributed by atoms with van der Waals surface area (Å²) in [6, 6.07) is 13.2. The van der Waals surface area contributed by atoms with Gasteiger partial charge in [-0.3, -0.25) is 0 Å². The second-order valence-electron chi connectivity index (χ2n) is 6.72. The van der Waals surface area contributed by atoms with Crippen LogP contribution in [0.4, 0.5) is 18.9 Å². The van der Waals surface area contributed by atoms with Gasteiger partial charge in [0.25, 0.3) is 0 Å². The van der Waals surface area contributed by atoms with Crippen LogP contribution >= 0.6 is 0 Å². The van der Waals surface area contributed by atoms with Crippen molar-refractivity contribution in [3.05, 3.63) is 48.5 Å². The molecule has 1 fully saturated rings. The predicted molar refractivity (Wildman–Crippen MR) is 99.7 cm³/mol. The molecule has 1 aliphatic rings. The fraction of sp³-hybridized carbons (Fsp3) is 0.368. The molecule has 1 saturated heterocycles. The van der Waals surface area contributed by atoms with Gasteiger partial charge in [0.15, 0.2) is 0 Å². The van der Waals surface area contributed by atoms with Crippen LogP contribution in [0.15, 0.2) is 48.5 Å². The van der Waals surface area contributed by atoms with E-state index in [0.717, 1.165) is 29.9 Å². The van der Waals surface area contributed by atoms with E-state index in [4.69, 9.17) is 4.74 Å². The summed E-state index contributed by atoms with van der Waals surface area (Å²) < 4.78 is 69.1. The zero-order valence-corrected chi connectivity index (χ0v) is 16.1. The topological polar surface area (TPSA) is 55.8 Å². The number of rotatable bonds is 4. The van der Waals surface area contributed by atoms with Gasteiger partial charge >= 0.3 is 15.6 Å². The molecule has 5 nitrogen and oxygen atoms in total. The Morgan fingerprint density at radius 3 is 1.86 bits per heavy atom. The fourth-order valence-electron chi connectivity index (χ4n) is 3.13. The van der Waals surface area contributed by atoms with Crippen molar-refractivity contribution in [2.24, 2.45) is 0 Å². The number of benzene rings is 2. The van der Waals surface area contributed by atoms with E-state index in [9.17, 15) is 21.6 Å². The van der Waals surface area contributed by atoms with Gasteiger partial charge in [-0.05, 0) is 49.2 Å². The summed E-state index contributed by atoms with van der Waals surface area (Å²) in [5.74, 6) is -0.394. The first-order valence-corrected chi connectivity index (χ1v) is 10.1. The van der Waals surface area contributed by atoms with Crippen LogP contribution in [0, 0.1) is 0 Å². The van der Waals surface area contributed by atoms with E-state index in [1.54, 1.807) is 0 Å². The van der Waals surface area contributed by atoms with Gasteiger partial charge in [-0.1, -0.05) is 24.3 Å². The molecule has 2 atom stereocenters. The minimum Gasteiger partial charge on any atom is -0.376 e. The molecule has 0 aliphatic carbocycles. The SMILES string of the molecule is C[C@@H]1CN(c2ccc(-c3ccc(OS(=O)(=O)C(F)(F)F)cc3)cc2)C[C@H](C)O1. The van der Waals surface area contributed by atoms with Crippen molar-refractivity contribution in [3.63, 3.8) is 0 Å². The maximum atomic E-state index is 12.4. The molecule has 1 heterocycles. The van der Waals surface area contributed by atoms with E-state index < -0.39 is 21.4 Å². The number of hydrogen-bond donors (Lipinski definition) is 0. The average Bonchev–Trinajstić information content (AvgIpc) is 2.60. The number of hydrogen-bond acceptors (Lipinski definition) is 5. The molecule has 9 heteroatoms. The average molecular weight is 415 g/mol. The molecule has 0 saturated carbocycles. The second-order valence-corrected chi connectivity index (χ2v) is 8.25. The molecule has 2 aromatic rings. The molecule has 152 valence electrons. The first kappa shape index (κ1) is 20.5. The highest BCUT2D eigenvalue weighted by Crippen LogP contribution is 2.30. The van der Waals surface area contributed by atoms with Crippen LogP contribution in [0.2, 0.25) is 0 Å². The number of anilines is 1. The Morgan fingerprint density at radius 1 is 0.929 bits per heavy atom. The van der Waals surface area contributed by atoms with Crippen LogP contribution in [-0.2, 0) is 14.9 Å². The van der Waals surface area contributed by atoms with Crippen LogP contribution in [0.25, 0.3) is 11.1 Å². The lowest BCUT2D eigenvalue weighted by Gasteiger charge is -2.36. The van der Waals surface area contributed by atoms with Crippen molar-refractivity contribution in [2.45, 2.75) is 31.6 Å². The van der Waals surface area contributed by atoms with Crippen molar-refractivity contribution >= 4 is 15.8 Å². The van der Waals surface area contributed by atoms with Gasteiger partial charge in [0, 0.05) is 18.8 Å². The van der Waals surface area contributed by atoms with Crippen molar-refractivity contribution in [2.75, 3.05) is 18.0 Å². The molecular formula is C19H20F3NO4S. The fourth-order valence-corrected chi connectivity index (χ4v) is 3.59. The first-order chi connectivity index (χ1) is 13.0. The third kappa shape index (κ3) is 4.59. The maximum Gasteiger partial charge on any atom is 0.534 e. The predicted octanol–water partition coefficient (Wildman–Crippen LogP) is 4.20. The normalized spacial score (nSPS) is 20.8. The number of nitrogens with zero attached hydrogens (tertiary/aromatic N) is 1. The zero-order valence-electron chi connectivity index (χ0n) is 15.3. The maximum absolute atomic E-state index is 12.4. The van der Waals surface area contributed by atoms with E-state index in [-0.39, 0.29) is 12.2 Å². The van der Waals surface area contributed by atoms with Crippen molar-refractivity contribution in [1.29, 1.82) is 0 Å². The summed E-state index contributed by atoms with van der Waals surface area (Å²) in [4.78, 5) is 2.24. The highest BCUT2D eigenvalue weighted by atomic mass is 32.2. The van der Waals surface area contributed by atoms with E-state index in [1.807, 2.05) is 38.1 Å². The summed E-state index contributed by atoms with van der Waals surface area (Å²) >= 11 is 0. The molecule has 3 rings (SSSR count). The van der Waals surface area contributed by atoms with E-state index in [0.29, 0.717) is 0 Å². The Bertz CT molecular complexity index is 902. The van der Waals surface area contributed by atoms with Crippen molar-refractivity contribution in [3.8, 4) is 16.9 Å². The van der Waals surface area contributed by atoms with Gasteiger partial charge in [0.05, 0.1) is 12.2 Å². The van der Waals surface area contributed by atoms with E-state index >= 15 is 0 Å². The number of alkyl halides is 3. The molecular weight excluding hydrogens is 395 g/mol. The lowest BCUT2D eigenvalue weighted by molar-refractivity contribution is -0.0500. The highest BCUT2D eigenvalue weighted by Gasteiger charge is 2.48. The minimum atomic E-state index is -5.67. The number of ether oxygens (including phenoxy) is 1. The van der Waals surface area contributed by atoms with Crippen LogP contribution in [0.5, 0.6) is 5.75 Å². The largest absolute Gasteiger partial charge is 0.534 e. The highest BCUT2D eigenvalue weighted by molar-refractivity contribution is 7.88. The Hall–Kier alpha value is -2.26. The zero-order chi connectivity index (χ0) is 20.5. The standard InChI is InChI=1S/C19H20F3NO4S/c1-13-11-23(12-14(2)26-13)17-7-3-15(4-8-17)16-5-9-18(10-6-16)27-28(24,25)19(20,21)22/h3-10,13-14H,11-12H2,1-2H3/t13-,14+. The van der Waals surface area contributed by atoms with Gasteiger partial charge in [-0.15, -0.1) is 0 Å². The Morgan fingerprint density at radius 2 is 1.39 bits per heavy atom. The number of halogens is 3. The Labute approximate surface area is 161 Å². The Kier molecular flexibility index (Phi) is 5.58. The molecule has 0 radical (unpaired) electrons. The van der Waals surface area contributed by atoms with Crippen LogP contribution < -0.4 is 9.08 Å². The van der Waals surface area contributed by atoms with E-state index in [2.05, 4.69) is 9.08 Å². The van der Waals surface area contributed by atoms with Gasteiger partial charge in [-0.25, -0.2) is 0 Å². The van der Waals surface area contributed by atoms with Crippen molar-refractivity contribution < 1.29 is 30.5 Å². The molecule has 0 bridgehead atoms. The monoisotopic (exact) mass is 415 g/mol. The number of morpholine rings is 1. The second kappa shape index (κ2) is 7.63. The first-order valence-electron chi connectivity index (χ1n) is 8.67. The summed E-state index contributed by atoms with van der Waals surface area (Å²) in [5, 5.41) is 0. The van der Waals surface area contributed by atoms with Crippen LogP contribution in [-0.4, -0.2) is 39.2 Å². The minimum absolute atomic E-state index is 0.143. The molecule has 0 unspecified atom stereocenters. The van der Waals surface area contributed by atoms with Gasteiger partial charge in [-0.2, -0.15) is 21.6 Å². The third-order valence-electron chi connectivity index (χ3n) is 4.33. The molecule has 0 aromatic heterocycles. The van der Waals surface area contributed by atoms with Crippen LogP contribution in [0.1, 0.15) is 13.8 Å². The third-order valence-corrected chi connectivity index (χ3v) is 5.31. The van der Waals surface area contributed by atoms with Gasteiger partial charge in [0.1, 0.15) is 5.75 Å². The summed E-state index contributed by atoms with van der Waals surface area (Å²) in [5.41, 5.74) is -2.83. The van der Waals surface area contributed by atoms with Gasteiger partial charge < -0.3 is 13.8 Å². The quantitative estimate of drug-likeness (QED) is 0.554. The summed E-state index contributed by atoms with van der Waals surface area (Å²) in [7, 11) is -5.67. The molecule has 0 amide bonds. The molecule has 28 heavy (non-hydrogen) atoms. The summed E-state index contributed by atoms with van der Waals surface area (Å²) in [6.45, 7) is 5.64. The lowest BCUT2D eigenvalue weighted by atomic mass is 10.0. The lowest BCUT2D eigenvalue weighted by Crippen LogP contribution is -2.45. The smallest absolute Gasteiger partial charge is 0.376 e. The molecule has 0 spiro atoms. The van der Waals surface area contributed by atoms with Gasteiger partial charge in [0.2, 0.25) is 0 Å². The van der Waals surface area contributed by atoms with Crippen LogP contribution in [0.3, 0.4) is 0 Å². The molecule has 2 aromatic carbocycles. The molecule has 1 aliphatic heterocycles. The van der Waals surface area contributed by atoms with Crippen molar-refractivity contribution in [1.82, 2.24) is 0 Å². The summed E-state index contributed by atoms with van der Waals surface area (Å²) in [6.07, 6.45) is 0.285. The Balaban J connectivity index is 1.72. The van der Waals surface area contributed by atoms with E-state index in [1.165, 1.54) is 24.3 Å².